The fourth-order valence-electron chi connectivity index (χ4n) is 2.53. The van der Waals surface area contributed by atoms with Gasteiger partial charge in [-0.3, -0.25) is 4.99 Å². The van der Waals surface area contributed by atoms with Gasteiger partial charge in [0.1, 0.15) is 0 Å². The highest BCUT2D eigenvalue weighted by Gasteiger charge is 2.08. The second-order valence-corrected chi connectivity index (χ2v) is 8.10. The van der Waals surface area contributed by atoms with Crippen LogP contribution in [-0.4, -0.2) is 29.0 Å². The molecule has 27 heavy (non-hydrogen) atoms. The number of aromatic nitrogens is 2. The lowest BCUT2D eigenvalue weighted by atomic mass is 10.3. The average Bonchev–Trinajstić information content (AvgIpc) is 3.40. The quantitative estimate of drug-likeness (QED) is 0.371. The van der Waals surface area contributed by atoms with Gasteiger partial charge in [0.15, 0.2) is 5.96 Å². The molecule has 138 valence electrons. The number of nitrogens with zero attached hydrogens (tertiary/aromatic N) is 3. The topological polar surface area (TPSA) is 88.2 Å². The first-order chi connectivity index (χ1) is 13.1. The Hall–Kier alpha value is -2.13. The number of nitrogens with one attached hydrogen (secondary N) is 2. The third kappa shape index (κ3) is 3.93. The van der Waals surface area contributed by atoms with Crippen molar-refractivity contribution in [1.82, 2.24) is 15.3 Å². The van der Waals surface area contributed by atoms with Gasteiger partial charge in [0, 0.05) is 12.2 Å². The van der Waals surface area contributed by atoms with Gasteiger partial charge in [-0.05, 0) is 24.3 Å². The highest BCUT2D eigenvalue weighted by Crippen LogP contribution is 2.31. The fourth-order valence-corrected chi connectivity index (χ4v) is 4.58. The summed E-state index contributed by atoms with van der Waals surface area (Å²) < 4.78 is 1.99. The zero-order valence-electron chi connectivity index (χ0n) is 13.9. The number of benzene rings is 2. The normalized spacial score (nSPS) is 13.2. The maximum atomic E-state index is 6.16. The van der Waals surface area contributed by atoms with Gasteiger partial charge in [-0.15, -0.1) is 22.7 Å². The molecule has 6 nitrogen and oxygen atoms in total. The second-order valence-electron chi connectivity index (χ2n) is 5.61. The van der Waals surface area contributed by atoms with E-state index in [2.05, 4.69) is 25.6 Å². The number of aliphatic imine (C=N–C) groups is 1. The largest absolute Gasteiger partial charge is 0.397 e. The number of halogens is 2. The van der Waals surface area contributed by atoms with E-state index in [-0.39, 0.29) is 0 Å². The molecule has 1 aliphatic heterocycles. The lowest BCUT2D eigenvalue weighted by molar-refractivity contribution is 0.959. The molecule has 0 spiro atoms. The Kier molecular flexibility index (Phi) is 5.31. The first-order valence-electron chi connectivity index (χ1n) is 7.97. The van der Waals surface area contributed by atoms with Crippen LogP contribution in [0.25, 0.3) is 20.4 Å². The molecule has 3 heterocycles. The Morgan fingerprint density at radius 1 is 1.04 bits per heavy atom. The number of nitrogens with two attached hydrogens (primary N) is 1. The Morgan fingerprint density at radius 2 is 1.81 bits per heavy atom. The molecule has 4 N–H and O–H groups in total. The monoisotopic (exact) mass is 436 g/mol. The SMILES string of the molecule is Clc1cc(NC2=NCCN2)cc2ncsc12.Nc1ccc2ncsc2c1Cl. The van der Waals surface area contributed by atoms with Crippen molar-refractivity contribution in [3.8, 4) is 0 Å². The van der Waals surface area contributed by atoms with Crippen LogP contribution in [0.15, 0.2) is 40.3 Å². The molecule has 2 aromatic carbocycles. The molecular weight excluding hydrogens is 423 g/mol. The number of guanidine groups is 1. The highest BCUT2D eigenvalue weighted by atomic mass is 35.5. The van der Waals surface area contributed by atoms with Crippen LogP contribution in [0.5, 0.6) is 0 Å². The van der Waals surface area contributed by atoms with Crippen molar-refractivity contribution in [1.29, 1.82) is 0 Å². The zero-order valence-corrected chi connectivity index (χ0v) is 17.0. The van der Waals surface area contributed by atoms with Crippen molar-refractivity contribution < 1.29 is 0 Å². The van der Waals surface area contributed by atoms with E-state index >= 15 is 0 Å². The number of thiazole rings is 2. The van der Waals surface area contributed by atoms with Crippen molar-refractivity contribution >= 4 is 83.6 Å². The smallest absolute Gasteiger partial charge is 0.195 e. The summed E-state index contributed by atoms with van der Waals surface area (Å²) in [5.74, 6) is 0.797. The first-order valence-corrected chi connectivity index (χ1v) is 10.5. The summed E-state index contributed by atoms with van der Waals surface area (Å²) in [5.41, 5.74) is 12.5. The molecule has 0 radical (unpaired) electrons. The van der Waals surface area contributed by atoms with E-state index in [9.17, 15) is 0 Å². The summed E-state index contributed by atoms with van der Waals surface area (Å²) in [5, 5.41) is 7.67. The van der Waals surface area contributed by atoms with Gasteiger partial charge in [-0.1, -0.05) is 23.2 Å². The lowest BCUT2D eigenvalue weighted by Gasteiger charge is -2.06. The molecule has 0 unspecified atom stereocenters. The molecule has 0 aliphatic carbocycles. The van der Waals surface area contributed by atoms with Gasteiger partial charge in [-0.25, -0.2) is 9.97 Å². The summed E-state index contributed by atoms with van der Waals surface area (Å²) >= 11 is 15.1. The minimum absolute atomic E-state index is 0.614. The van der Waals surface area contributed by atoms with E-state index in [1.54, 1.807) is 28.4 Å². The van der Waals surface area contributed by atoms with Crippen molar-refractivity contribution in [2.24, 2.45) is 4.99 Å². The number of hydrogen-bond donors (Lipinski definition) is 3. The maximum Gasteiger partial charge on any atom is 0.195 e. The molecule has 0 saturated heterocycles. The lowest BCUT2D eigenvalue weighted by Crippen LogP contribution is -2.26. The minimum Gasteiger partial charge on any atom is -0.397 e. The van der Waals surface area contributed by atoms with E-state index in [4.69, 9.17) is 28.9 Å². The molecule has 1 aliphatic rings. The van der Waals surface area contributed by atoms with Gasteiger partial charge >= 0.3 is 0 Å². The third-order valence-electron chi connectivity index (χ3n) is 3.79. The number of anilines is 2. The molecule has 0 atom stereocenters. The number of fused-ring (bicyclic) bond motifs is 2. The molecule has 0 bridgehead atoms. The summed E-state index contributed by atoms with van der Waals surface area (Å²) in [6.45, 7) is 1.70. The van der Waals surface area contributed by atoms with Crippen molar-refractivity contribution in [2.75, 3.05) is 24.1 Å². The molecular formula is C17H14Cl2N6S2. The Bertz CT molecular complexity index is 1140. The van der Waals surface area contributed by atoms with Crippen LogP contribution < -0.4 is 16.4 Å². The van der Waals surface area contributed by atoms with Crippen LogP contribution >= 0.6 is 45.9 Å². The summed E-state index contributed by atoms with van der Waals surface area (Å²) in [4.78, 5) is 12.6. The van der Waals surface area contributed by atoms with Crippen LogP contribution in [0.4, 0.5) is 11.4 Å². The summed E-state index contributed by atoms with van der Waals surface area (Å²) in [6.07, 6.45) is 0. The summed E-state index contributed by atoms with van der Waals surface area (Å²) in [7, 11) is 0. The Balaban J connectivity index is 0.000000143. The Morgan fingerprint density at radius 3 is 2.59 bits per heavy atom. The van der Waals surface area contributed by atoms with E-state index < -0.39 is 0 Å². The highest BCUT2D eigenvalue weighted by molar-refractivity contribution is 7.17. The summed E-state index contributed by atoms with van der Waals surface area (Å²) in [6, 6.07) is 7.50. The zero-order chi connectivity index (χ0) is 18.8. The van der Waals surface area contributed by atoms with Crippen LogP contribution in [0.3, 0.4) is 0 Å². The molecule has 4 aromatic rings. The molecule has 2 aromatic heterocycles. The van der Waals surface area contributed by atoms with E-state index in [0.29, 0.717) is 10.7 Å². The van der Waals surface area contributed by atoms with Crippen molar-refractivity contribution in [3.63, 3.8) is 0 Å². The van der Waals surface area contributed by atoms with Crippen molar-refractivity contribution in [2.45, 2.75) is 0 Å². The van der Waals surface area contributed by atoms with Crippen LogP contribution in [0.1, 0.15) is 0 Å². The first kappa shape index (κ1) is 18.2. The van der Waals surface area contributed by atoms with Gasteiger partial charge < -0.3 is 16.4 Å². The van der Waals surface area contributed by atoms with Crippen LogP contribution in [0, 0.1) is 0 Å². The number of rotatable bonds is 1. The Labute approximate surface area is 173 Å². The van der Waals surface area contributed by atoms with Gasteiger partial charge in [0.25, 0.3) is 0 Å². The van der Waals surface area contributed by atoms with E-state index in [1.165, 1.54) is 11.3 Å². The number of nitrogen functional groups attached to an aromatic ring is 1. The standard InChI is InChI=1S/C10H9ClN4S.C7H5ClN2S/c11-7-3-6(15-10-12-1-2-13-10)4-8-9(7)16-5-14-8;8-6-4(9)1-2-5-7(6)11-3-10-5/h3-5H,1-2H2,(H2,12,13,15);1-3H,9H2. The van der Waals surface area contributed by atoms with Crippen molar-refractivity contribution in [3.05, 3.63) is 45.3 Å². The molecule has 0 fully saturated rings. The minimum atomic E-state index is 0.614. The predicted octanol–water partition coefficient (Wildman–Crippen LogP) is 4.85. The van der Waals surface area contributed by atoms with Gasteiger partial charge in [0.2, 0.25) is 0 Å². The molecule has 10 heteroatoms. The molecule has 0 saturated carbocycles. The van der Waals surface area contributed by atoms with Gasteiger partial charge in [0.05, 0.1) is 53.7 Å². The molecule has 5 rings (SSSR count). The average molecular weight is 437 g/mol. The van der Waals surface area contributed by atoms with Crippen LogP contribution in [-0.2, 0) is 0 Å². The van der Waals surface area contributed by atoms with E-state index in [1.807, 2.05) is 18.2 Å². The van der Waals surface area contributed by atoms with Crippen LogP contribution in [0.2, 0.25) is 10.0 Å². The van der Waals surface area contributed by atoms with E-state index in [0.717, 1.165) is 50.2 Å². The number of hydrogen-bond acceptors (Lipinski definition) is 8. The fraction of sp³-hybridized carbons (Fsp3) is 0.118. The predicted molar refractivity (Wildman–Crippen MR) is 118 cm³/mol. The third-order valence-corrected chi connectivity index (χ3v) is 6.46. The maximum absolute atomic E-state index is 6.16. The second kappa shape index (κ2) is 7.85. The van der Waals surface area contributed by atoms with Gasteiger partial charge in [-0.2, -0.15) is 0 Å². The molecule has 0 amide bonds.